The topological polar surface area (TPSA) is 75.6 Å². The van der Waals surface area contributed by atoms with Crippen molar-refractivity contribution in [1.82, 2.24) is 0 Å². The number of anilines is 1. The number of esters is 1. The predicted molar refractivity (Wildman–Crippen MR) is 67.7 cm³/mol. The molecule has 1 amide bonds. The van der Waals surface area contributed by atoms with Crippen LogP contribution in [-0.2, 0) is 16.0 Å². The van der Waals surface area contributed by atoms with Crippen LogP contribution in [-0.4, -0.2) is 24.1 Å². The number of aromatic hydroxyl groups is 1. The summed E-state index contributed by atoms with van der Waals surface area (Å²) in [5, 5.41) is 12.6. The van der Waals surface area contributed by atoms with Crippen molar-refractivity contribution < 1.29 is 19.4 Å². The first-order valence-corrected chi connectivity index (χ1v) is 5.32. The van der Waals surface area contributed by atoms with E-state index in [4.69, 9.17) is 0 Å². The third-order valence-electron chi connectivity index (χ3n) is 2.35. The monoisotopic (exact) mass is 249 g/mol. The number of rotatable bonds is 4. The second kappa shape index (κ2) is 5.86. The Morgan fingerprint density at radius 3 is 2.67 bits per heavy atom. The minimum atomic E-state index is -0.632. The Labute approximate surface area is 105 Å². The maximum absolute atomic E-state index is 11.4. The molecule has 0 saturated heterocycles. The lowest BCUT2D eigenvalue weighted by molar-refractivity contribution is -0.114. The molecule has 1 aromatic carbocycles. The Morgan fingerprint density at radius 1 is 1.50 bits per heavy atom. The number of allylic oxidation sites excluding steroid dienone is 1. The SMILES string of the molecule is C=CCc1c(NC(C)=O)ccc(C(=O)OC)c1O. The van der Waals surface area contributed by atoms with Gasteiger partial charge in [0.1, 0.15) is 11.3 Å². The van der Waals surface area contributed by atoms with Gasteiger partial charge in [0.25, 0.3) is 0 Å². The molecule has 1 aromatic rings. The fraction of sp³-hybridized carbons (Fsp3) is 0.231. The van der Waals surface area contributed by atoms with E-state index in [1.54, 1.807) is 12.1 Å². The number of hydrogen-bond acceptors (Lipinski definition) is 4. The summed E-state index contributed by atoms with van der Waals surface area (Å²) in [7, 11) is 1.23. The van der Waals surface area contributed by atoms with Crippen molar-refractivity contribution in [1.29, 1.82) is 0 Å². The van der Waals surface area contributed by atoms with E-state index in [-0.39, 0.29) is 17.2 Å². The van der Waals surface area contributed by atoms with Gasteiger partial charge in [-0.25, -0.2) is 4.79 Å². The van der Waals surface area contributed by atoms with Gasteiger partial charge in [-0.2, -0.15) is 0 Å². The lowest BCUT2D eigenvalue weighted by Gasteiger charge is -2.13. The van der Waals surface area contributed by atoms with Gasteiger partial charge in [0, 0.05) is 18.2 Å². The van der Waals surface area contributed by atoms with Crippen LogP contribution in [0, 0.1) is 0 Å². The molecule has 0 radical (unpaired) electrons. The molecule has 0 bridgehead atoms. The maximum Gasteiger partial charge on any atom is 0.341 e. The first-order valence-electron chi connectivity index (χ1n) is 5.32. The Balaban J connectivity index is 3.31. The third kappa shape index (κ3) is 2.88. The van der Waals surface area contributed by atoms with E-state index in [2.05, 4.69) is 16.6 Å². The first kappa shape index (κ1) is 13.8. The number of hydrogen-bond donors (Lipinski definition) is 2. The number of methoxy groups -OCH3 is 1. The molecule has 0 aliphatic carbocycles. The first-order chi connectivity index (χ1) is 8.51. The lowest BCUT2D eigenvalue weighted by Crippen LogP contribution is -2.10. The summed E-state index contributed by atoms with van der Waals surface area (Å²) < 4.78 is 4.56. The van der Waals surface area contributed by atoms with Gasteiger partial charge in [0.2, 0.25) is 5.91 Å². The zero-order valence-electron chi connectivity index (χ0n) is 10.3. The minimum absolute atomic E-state index is 0.0588. The Bertz CT molecular complexity index is 494. The summed E-state index contributed by atoms with van der Waals surface area (Å²) in [6, 6.07) is 2.95. The van der Waals surface area contributed by atoms with Crippen LogP contribution in [0.5, 0.6) is 5.75 Å². The van der Waals surface area contributed by atoms with Crippen LogP contribution in [0.3, 0.4) is 0 Å². The van der Waals surface area contributed by atoms with Gasteiger partial charge in [-0.1, -0.05) is 6.08 Å². The average Bonchev–Trinajstić information content (AvgIpc) is 2.32. The summed E-state index contributed by atoms with van der Waals surface area (Å²) in [6.07, 6.45) is 1.90. The predicted octanol–water partition coefficient (Wildman–Crippen LogP) is 1.87. The van der Waals surface area contributed by atoms with Crippen molar-refractivity contribution in [3.05, 3.63) is 35.9 Å². The van der Waals surface area contributed by atoms with Gasteiger partial charge in [-0.3, -0.25) is 4.79 Å². The summed E-state index contributed by atoms with van der Waals surface area (Å²) in [6.45, 7) is 4.94. The highest BCUT2D eigenvalue weighted by Gasteiger charge is 2.17. The fourth-order valence-electron chi connectivity index (χ4n) is 1.57. The molecule has 96 valence electrons. The molecular formula is C13H15NO4. The minimum Gasteiger partial charge on any atom is -0.507 e. The van der Waals surface area contributed by atoms with E-state index in [1.807, 2.05) is 0 Å². The molecule has 0 aromatic heterocycles. The average molecular weight is 249 g/mol. The molecule has 1 rings (SSSR count). The largest absolute Gasteiger partial charge is 0.507 e. The zero-order chi connectivity index (χ0) is 13.7. The molecule has 0 aliphatic rings. The molecule has 0 unspecified atom stereocenters. The van der Waals surface area contributed by atoms with Crippen molar-refractivity contribution in [2.24, 2.45) is 0 Å². The van der Waals surface area contributed by atoms with Gasteiger partial charge in [0.15, 0.2) is 0 Å². The molecule has 0 atom stereocenters. The van der Waals surface area contributed by atoms with Crippen molar-refractivity contribution in [2.75, 3.05) is 12.4 Å². The normalized spacial score (nSPS) is 9.67. The third-order valence-corrected chi connectivity index (χ3v) is 2.35. The summed E-state index contributed by atoms with van der Waals surface area (Å²) in [4.78, 5) is 22.5. The molecule has 5 nitrogen and oxygen atoms in total. The van der Waals surface area contributed by atoms with Crippen LogP contribution < -0.4 is 5.32 Å². The Morgan fingerprint density at radius 2 is 2.17 bits per heavy atom. The van der Waals surface area contributed by atoms with Gasteiger partial charge >= 0.3 is 5.97 Å². The van der Waals surface area contributed by atoms with Gasteiger partial charge in [-0.05, 0) is 18.6 Å². The second-order valence-corrected chi connectivity index (χ2v) is 3.65. The van der Waals surface area contributed by atoms with Crippen LogP contribution in [0.4, 0.5) is 5.69 Å². The number of ether oxygens (including phenoxy) is 1. The van der Waals surface area contributed by atoms with E-state index in [0.717, 1.165) is 0 Å². The van der Waals surface area contributed by atoms with Crippen LogP contribution in [0.15, 0.2) is 24.8 Å². The molecule has 0 spiro atoms. The van der Waals surface area contributed by atoms with E-state index < -0.39 is 5.97 Å². The Kier molecular flexibility index (Phi) is 4.48. The smallest absolute Gasteiger partial charge is 0.341 e. The van der Waals surface area contributed by atoms with E-state index in [9.17, 15) is 14.7 Å². The number of nitrogens with one attached hydrogen (secondary N) is 1. The second-order valence-electron chi connectivity index (χ2n) is 3.65. The standard InChI is InChI=1S/C13H15NO4/c1-4-5-9-11(14-8(2)15)7-6-10(12(9)16)13(17)18-3/h4,6-7,16H,1,5H2,2-3H3,(H,14,15). The van der Waals surface area contributed by atoms with Crippen LogP contribution in [0.25, 0.3) is 0 Å². The number of carbonyl (C=O) groups is 2. The summed E-state index contributed by atoms with van der Waals surface area (Å²) in [5.41, 5.74) is 0.944. The van der Waals surface area contributed by atoms with E-state index in [0.29, 0.717) is 17.7 Å². The van der Waals surface area contributed by atoms with Crippen molar-refractivity contribution in [3.8, 4) is 5.75 Å². The molecule has 2 N–H and O–H groups in total. The quantitative estimate of drug-likeness (QED) is 0.631. The van der Waals surface area contributed by atoms with Gasteiger partial charge in [-0.15, -0.1) is 6.58 Å². The molecule has 0 saturated carbocycles. The Hall–Kier alpha value is -2.30. The highest BCUT2D eigenvalue weighted by atomic mass is 16.5. The van der Waals surface area contributed by atoms with Gasteiger partial charge in [0.05, 0.1) is 7.11 Å². The van der Waals surface area contributed by atoms with E-state index >= 15 is 0 Å². The van der Waals surface area contributed by atoms with Crippen molar-refractivity contribution >= 4 is 17.6 Å². The molecule has 5 heteroatoms. The number of amides is 1. The van der Waals surface area contributed by atoms with E-state index in [1.165, 1.54) is 20.1 Å². The van der Waals surface area contributed by atoms with Crippen LogP contribution in [0.2, 0.25) is 0 Å². The number of carbonyl (C=O) groups excluding carboxylic acids is 2. The van der Waals surface area contributed by atoms with Crippen molar-refractivity contribution in [3.63, 3.8) is 0 Å². The molecule has 18 heavy (non-hydrogen) atoms. The zero-order valence-corrected chi connectivity index (χ0v) is 10.3. The lowest BCUT2D eigenvalue weighted by atomic mass is 10.0. The number of benzene rings is 1. The van der Waals surface area contributed by atoms with Gasteiger partial charge < -0.3 is 15.2 Å². The highest BCUT2D eigenvalue weighted by Crippen LogP contribution is 2.31. The van der Waals surface area contributed by atoms with Crippen LogP contribution >= 0.6 is 0 Å². The molecule has 0 fully saturated rings. The molecule has 0 aliphatic heterocycles. The van der Waals surface area contributed by atoms with Crippen molar-refractivity contribution in [2.45, 2.75) is 13.3 Å². The maximum atomic E-state index is 11.4. The summed E-state index contributed by atoms with van der Waals surface area (Å²) in [5.74, 6) is -1.09. The number of phenolic OH excluding ortho intramolecular Hbond substituents is 1. The summed E-state index contributed by atoms with van der Waals surface area (Å²) >= 11 is 0. The number of phenols is 1. The molecule has 0 heterocycles. The highest BCUT2D eigenvalue weighted by molar-refractivity contribution is 5.96. The fourth-order valence-corrected chi connectivity index (χ4v) is 1.57. The van der Waals surface area contributed by atoms with Crippen LogP contribution in [0.1, 0.15) is 22.8 Å². The molecular weight excluding hydrogens is 234 g/mol.